The number of carbonyl (C=O) groups excluding carboxylic acids is 3. The maximum atomic E-state index is 12.2. The summed E-state index contributed by atoms with van der Waals surface area (Å²) in [6, 6.07) is 9.91. The molecule has 0 aliphatic carbocycles. The lowest BCUT2D eigenvalue weighted by atomic mass is 10.1. The zero-order chi connectivity index (χ0) is 16.7. The molecule has 7 nitrogen and oxygen atoms in total. The molecule has 0 atom stereocenters. The average Bonchev–Trinajstić information content (AvgIpc) is 3.06. The molecule has 0 bridgehead atoms. The number of para-hydroxylation sites is 1. The Labute approximate surface area is 133 Å². The second-order valence-electron chi connectivity index (χ2n) is 4.62. The Morgan fingerprint density at radius 1 is 1.00 bits per heavy atom. The van der Waals surface area contributed by atoms with E-state index in [0.29, 0.717) is 12.3 Å². The fraction of sp³-hybridized carbons (Fsp3) is 0.188. The number of benzene rings is 1. The fourth-order valence-electron chi connectivity index (χ4n) is 1.89. The van der Waals surface area contributed by atoms with Crippen molar-refractivity contribution in [3.05, 3.63) is 54.0 Å². The number of amides is 3. The van der Waals surface area contributed by atoms with Gasteiger partial charge in [-0.3, -0.25) is 14.4 Å². The number of hydrogen-bond acceptors (Lipinski definition) is 4. The molecule has 2 aromatic rings. The summed E-state index contributed by atoms with van der Waals surface area (Å²) < 4.78 is 5.14. The van der Waals surface area contributed by atoms with Crippen LogP contribution in [0.2, 0.25) is 0 Å². The van der Waals surface area contributed by atoms with Gasteiger partial charge in [0, 0.05) is 6.54 Å². The number of hydrogen-bond donors (Lipinski definition) is 3. The van der Waals surface area contributed by atoms with E-state index in [1.165, 1.54) is 6.26 Å². The third kappa shape index (κ3) is 4.44. The van der Waals surface area contributed by atoms with E-state index >= 15 is 0 Å². The summed E-state index contributed by atoms with van der Waals surface area (Å²) in [5, 5.41) is 7.51. The van der Waals surface area contributed by atoms with Crippen LogP contribution in [0.25, 0.3) is 0 Å². The SMILES string of the molecule is CCNC(=O)C(=O)Nc1ccccc1C(=O)NCc1ccco1. The summed E-state index contributed by atoms with van der Waals surface area (Å²) in [6.45, 7) is 2.28. The lowest BCUT2D eigenvalue weighted by molar-refractivity contribution is -0.136. The molecule has 3 amide bonds. The Morgan fingerprint density at radius 2 is 1.78 bits per heavy atom. The first kappa shape index (κ1) is 16.3. The van der Waals surface area contributed by atoms with Gasteiger partial charge in [0.25, 0.3) is 5.91 Å². The van der Waals surface area contributed by atoms with Gasteiger partial charge in [-0.25, -0.2) is 0 Å². The average molecular weight is 315 g/mol. The zero-order valence-electron chi connectivity index (χ0n) is 12.6. The zero-order valence-corrected chi connectivity index (χ0v) is 12.6. The van der Waals surface area contributed by atoms with Crippen molar-refractivity contribution >= 4 is 23.4 Å². The van der Waals surface area contributed by atoms with Gasteiger partial charge in [-0.2, -0.15) is 0 Å². The normalized spacial score (nSPS) is 9.96. The first-order chi connectivity index (χ1) is 11.1. The van der Waals surface area contributed by atoms with Crippen molar-refractivity contribution in [2.45, 2.75) is 13.5 Å². The van der Waals surface area contributed by atoms with Gasteiger partial charge in [0.15, 0.2) is 0 Å². The van der Waals surface area contributed by atoms with Crippen molar-refractivity contribution in [2.75, 3.05) is 11.9 Å². The Hall–Kier alpha value is -3.09. The van der Waals surface area contributed by atoms with Crippen LogP contribution in [-0.4, -0.2) is 24.3 Å². The predicted octanol–water partition coefficient (Wildman–Crippen LogP) is 1.28. The van der Waals surface area contributed by atoms with E-state index in [0.717, 1.165) is 0 Å². The second-order valence-corrected chi connectivity index (χ2v) is 4.62. The topological polar surface area (TPSA) is 100 Å². The van der Waals surface area contributed by atoms with Crippen molar-refractivity contribution in [3.63, 3.8) is 0 Å². The Bertz CT molecular complexity index is 695. The lowest BCUT2D eigenvalue weighted by Crippen LogP contribution is -2.35. The molecule has 0 radical (unpaired) electrons. The molecule has 1 heterocycles. The standard InChI is InChI=1S/C16H17N3O4/c1-2-17-15(21)16(22)19-13-8-4-3-7-12(13)14(20)18-10-11-6-5-9-23-11/h3-9H,2,10H2,1H3,(H,17,21)(H,18,20)(H,19,22). The quantitative estimate of drug-likeness (QED) is 0.724. The summed E-state index contributed by atoms with van der Waals surface area (Å²) in [6.07, 6.45) is 1.52. The van der Waals surface area contributed by atoms with Crippen LogP contribution in [0.15, 0.2) is 47.1 Å². The molecule has 0 spiro atoms. The number of likely N-dealkylation sites (N-methyl/N-ethyl adjacent to an activating group) is 1. The fourth-order valence-corrected chi connectivity index (χ4v) is 1.89. The van der Waals surface area contributed by atoms with Gasteiger partial charge < -0.3 is 20.4 Å². The van der Waals surface area contributed by atoms with Crippen molar-refractivity contribution in [3.8, 4) is 0 Å². The molecule has 0 fully saturated rings. The molecule has 0 aliphatic heterocycles. The van der Waals surface area contributed by atoms with Gasteiger partial charge in [-0.15, -0.1) is 0 Å². The van der Waals surface area contributed by atoms with Crippen LogP contribution in [-0.2, 0) is 16.1 Å². The predicted molar refractivity (Wildman–Crippen MR) is 83.6 cm³/mol. The van der Waals surface area contributed by atoms with E-state index in [9.17, 15) is 14.4 Å². The van der Waals surface area contributed by atoms with Crippen molar-refractivity contribution in [1.29, 1.82) is 0 Å². The van der Waals surface area contributed by atoms with E-state index < -0.39 is 11.8 Å². The number of carbonyl (C=O) groups is 3. The summed E-state index contributed by atoms with van der Waals surface area (Å²) in [4.78, 5) is 35.5. The molecular formula is C16H17N3O4. The smallest absolute Gasteiger partial charge is 0.313 e. The third-order valence-electron chi connectivity index (χ3n) is 2.97. The minimum absolute atomic E-state index is 0.227. The van der Waals surface area contributed by atoms with Crippen LogP contribution in [0.4, 0.5) is 5.69 Å². The Kier molecular flexibility index (Phi) is 5.51. The van der Waals surface area contributed by atoms with Crippen LogP contribution in [0.1, 0.15) is 23.0 Å². The van der Waals surface area contributed by atoms with Gasteiger partial charge in [0.2, 0.25) is 0 Å². The summed E-state index contributed by atoms with van der Waals surface area (Å²) in [5.41, 5.74) is 0.525. The summed E-state index contributed by atoms with van der Waals surface area (Å²) >= 11 is 0. The highest BCUT2D eigenvalue weighted by molar-refractivity contribution is 6.40. The van der Waals surface area contributed by atoms with E-state index in [-0.39, 0.29) is 23.7 Å². The molecule has 3 N–H and O–H groups in total. The molecule has 1 aromatic heterocycles. The highest BCUT2D eigenvalue weighted by Gasteiger charge is 2.17. The van der Waals surface area contributed by atoms with Gasteiger partial charge in [0.05, 0.1) is 24.1 Å². The molecule has 23 heavy (non-hydrogen) atoms. The Morgan fingerprint density at radius 3 is 2.48 bits per heavy atom. The molecule has 0 saturated carbocycles. The van der Waals surface area contributed by atoms with Crippen molar-refractivity contribution < 1.29 is 18.8 Å². The molecule has 2 rings (SSSR count). The minimum Gasteiger partial charge on any atom is -0.467 e. The van der Waals surface area contributed by atoms with Gasteiger partial charge in [-0.05, 0) is 31.2 Å². The van der Waals surface area contributed by atoms with Gasteiger partial charge >= 0.3 is 11.8 Å². The van der Waals surface area contributed by atoms with Crippen molar-refractivity contribution in [1.82, 2.24) is 10.6 Å². The maximum Gasteiger partial charge on any atom is 0.313 e. The number of anilines is 1. The van der Waals surface area contributed by atoms with Crippen molar-refractivity contribution in [2.24, 2.45) is 0 Å². The van der Waals surface area contributed by atoms with Crippen LogP contribution < -0.4 is 16.0 Å². The molecule has 0 unspecified atom stereocenters. The maximum absolute atomic E-state index is 12.2. The molecule has 7 heteroatoms. The third-order valence-corrected chi connectivity index (χ3v) is 2.97. The summed E-state index contributed by atoms with van der Waals surface area (Å²) in [5.74, 6) is -1.34. The summed E-state index contributed by atoms with van der Waals surface area (Å²) in [7, 11) is 0. The van der Waals surface area contributed by atoms with E-state index in [1.807, 2.05) is 0 Å². The van der Waals surface area contributed by atoms with Crippen LogP contribution >= 0.6 is 0 Å². The van der Waals surface area contributed by atoms with Crippen LogP contribution in [0.3, 0.4) is 0 Å². The van der Waals surface area contributed by atoms with Gasteiger partial charge in [0.1, 0.15) is 5.76 Å². The van der Waals surface area contributed by atoms with Gasteiger partial charge in [-0.1, -0.05) is 12.1 Å². The number of furan rings is 1. The van der Waals surface area contributed by atoms with E-state index in [4.69, 9.17) is 4.42 Å². The van der Waals surface area contributed by atoms with Crippen LogP contribution in [0, 0.1) is 0 Å². The van der Waals surface area contributed by atoms with E-state index in [1.54, 1.807) is 43.3 Å². The first-order valence-electron chi connectivity index (χ1n) is 7.10. The number of nitrogens with one attached hydrogen (secondary N) is 3. The second kappa shape index (κ2) is 7.79. The van der Waals surface area contributed by atoms with Crippen LogP contribution in [0.5, 0.6) is 0 Å². The molecule has 0 saturated heterocycles. The largest absolute Gasteiger partial charge is 0.467 e. The first-order valence-corrected chi connectivity index (χ1v) is 7.10. The molecule has 1 aromatic carbocycles. The highest BCUT2D eigenvalue weighted by atomic mass is 16.3. The number of rotatable bonds is 5. The monoisotopic (exact) mass is 315 g/mol. The highest BCUT2D eigenvalue weighted by Crippen LogP contribution is 2.15. The lowest BCUT2D eigenvalue weighted by Gasteiger charge is -2.10. The Balaban J connectivity index is 2.05. The van der Waals surface area contributed by atoms with E-state index in [2.05, 4.69) is 16.0 Å². The molecule has 120 valence electrons. The minimum atomic E-state index is -0.821. The molecule has 0 aliphatic rings. The molecular weight excluding hydrogens is 298 g/mol.